The smallest absolute Gasteiger partial charge is 0.251 e. The molecule has 2 aromatic heterocycles. The molecule has 4 aromatic rings. The summed E-state index contributed by atoms with van der Waals surface area (Å²) in [7, 11) is 1.94. The van der Waals surface area contributed by atoms with Crippen LogP contribution in [-0.2, 0) is 11.8 Å². The maximum absolute atomic E-state index is 12.7. The Morgan fingerprint density at radius 2 is 1.73 bits per heavy atom. The van der Waals surface area contributed by atoms with Gasteiger partial charge in [-0.25, -0.2) is 9.97 Å². The van der Waals surface area contributed by atoms with Gasteiger partial charge in [0.05, 0.1) is 11.1 Å². The molecule has 2 heterocycles. The van der Waals surface area contributed by atoms with E-state index in [9.17, 15) is 9.59 Å². The Balaban J connectivity index is 1.52. The van der Waals surface area contributed by atoms with E-state index in [-0.39, 0.29) is 11.8 Å². The standard InChI is InChI=1S/C29H30N6O2/c1-17(2)28(36)34-22-13-11-20(12-14-22)25-23(24-26(30)32-16-33-27(24)35(25)3)19-7-9-21(10-8-19)29(37)31-15-18-5-4-6-18/h7-14,16,18H,1,4-6,15H2,2-3H3,(H,31,37)(H,34,36)(H2,30,32,33). The highest BCUT2D eigenvalue weighted by atomic mass is 16.2. The number of rotatable bonds is 7. The van der Waals surface area contributed by atoms with Gasteiger partial charge in [0.2, 0.25) is 0 Å². The predicted molar refractivity (Wildman–Crippen MR) is 147 cm³/mol. The summed E-state index contributed by atoms with van der Waals surface area (Å²) in [5, 5.41) is 6.63. The van der Waals surface area contributed by atoms with Crippen molar-refractivity contribution < 1.29 is 9.59 Å². The number of nitrogens with two attached hydrogens (primary N) is 1. The van der Waals surface area contributed by atoms with Crippen molar-refractivity contribution in [1.29, 1.82) is 0 Å². The van der Waals surface area contributed by atoms with Crippen LogP contribution < -0.4 is 16.4 Å². The number of aryl methyl sites for hydroxylation is 1. The van der Waals surface area contributed by atoms with E-state index in [0.29, 0.717) is 34.2 Å². The molecule has 0 aliphatic heterocycles. The second kappa shape index (κ2) is 9.89. The number of nitrogens with one attached hydrogen (secondary N) is 2. The third-order valence-electron chi connectivity index (χ3n) is 7.01. The van der Waals surface area contributed by atoms with Gasteiger partial charge in [-0.05, 0) is 61.1 Å². The minimum absolute atomic E-state index is 0.0631. The number of aromatic nitrogens is 3. The molecule has 8 heteroatoms. The van der Waals surface area contributed by atoms with E-state index in [0.717, 1.165) is 34.3 Å². The average molecular weight is 495 g/mol. The lowest BCUT2D eigenvalue weighted by Crippen LogP contribution is -2.32. The average Bonchev–Trinajstić information content (AvgIpc) is 3.17. The highest BCUT2D eigenvalue weighted by Gasteiger charge is 2.22. The summed E-state index contributed by atoms with van der Waals surface area (Å²) >= 11 is 0. The van der Waals surface area contributed by atoms with E-state index in [1.165, 1.54) is 25.6 Å². The lowest BCUT2D eigenvalue weighted by Gasteiger charge is -2.25. The van der Waals surface area contributed by atoms with E-state index in [1.54, 1.807) is 6.92 Å². The van der Waals surface area contributed by atoms with Gasteiger partial charge in [-0.15, -0.1) is 0 Å². The minimum Gasteiger partial charge on any atom is -0.383 e. The van der Waals surface area contributed by atoms with Gasteiger partial charge in [0, 0.05) is 36.0 Å². The van der Waals surface area contributed by atoms with Gasteiger partial charge in [0.25, 0.3) is 11.8 Å². The molecule has 0 unspecified atom stereocenters. The molecule has 2 amide bonds. The molecular formula is C29H30N6O2. The minimum atomic E-state index is -0.224. The van der Waals surface area contributed by atoms with Crippen molar-refractivity contribution in [3.8, 4) is 22.4 Å². The first-order valence-electron chi connectivity index (χ1n) is 12.4. The van der Waals surface area contributed by atoms with Crippen LogP contribution in [0.15, 0.2) is 67.0 Å². The van der Waals surface area contributed by atoms with Crippen LogP contribution in [0.4, 0.5) is 11.5 Å². The van der Waals surface area contributed by atoms with Crippen molar-refractivity contribution in [3.63, 3.8) is 0 Å². The fraction of sp³-hybridized carbons (Fsp3) is 0.241. The molecule has 5 rings (SSSR count). The third kappa shape index (κ3) is 4.70. The van der Waals surface area contributed by atoms with Crippen molar-refractivity contribution >= 4 is 34.4 Å². The molecule has 0 atom stereocenters. The van der Waals surface area contributed by atoms with Gasteiger partial charge < -0.3 is 20.9 Å². The maximum atomic E-state index is 12.7. The first-order valence-corrected chi connectivity index (χ1v) is 12.4. The van der Waals surface area contributed by atoms with Gasteiger partial charge in [0.15, 0.2) is 0 Å². The summed E-state index contributed by atoms with van der Waals surface area (Å²) < 4.78 is 1.99. The SMILES string of the molecule is C=C(C)C(=O)Nc1ccc(-c2c(-c3ccc(C(=O)NCC4CCC4)cc3)c3c(N)ncnc3n2C)cc1. The normalized spacial score (nSPS) is 13.2. The second-order valence-electron chi connectivity index (χ2n) is 9.64. The molecule has 0 saturated heterocycles. The van der Waals surface area contributed by atoms with E-state index >= 15 is 0 Å². The fourth-order valence-corrected chi connectivity index (χ4v) is 4.67. The number of benzene rings is 2. The summed E-state index contributed by atoms with van der Waals surface area (Å²) in [6.45, 7) is 6.08. The van der Waals surface area contributed by atoms with Crippen LogP contribution in [0.5, 0.6) is 0 Å². The summed E-state index contributed by atoms with van der Waals surface area (Å²) in [6.07, 6.45) is 5.08. The number of nitrogens with zero attached hydrogens (tertiary/aromatic N) is 3. The lowest BCUT2D eigenvalue weighted by atomic mass is 9.85. The van der Waals surface area contributed by atoms with E-state index in [1.807, 2.05) is 60.1 Å². The van der Waals surface area contributed by atoms with Crippen LogP contribution >= 0.6 is 0 Å². The monoisotopic (exact) mass is 494 g/mol. The first kappa shape index (κ1) is 24.2. The molecule has 0 bridgehead atoms. The molecule has 1 aliphatic carbocycles. The first-order chi connectivity index (χ1) is 17.8. The number of anilines is 2. The maximum Gasteiger partial charge on any atom is 0.251 e. The number of carbonyl (C=O) groups excluding carboxylic acids is 2. The van der Waals surface area contributed by atoms with Crippen LogP contribution in [0.2, 0.25) is 0 Å². The zero-order chi connectivity index (χ0) is 26.1. The van der Waals surface area contributed by atoms with Gasteiger partial charge in [0.1, 0.15) is 17.8 Å². The summed E-state index contributed by atoms with van der Waals surface area (Å²) in [6, 6.07) is 15.1. The summed E-state index contributed by atoms with van der Waals surface area (Å²) in [5.74, 6) is 0.698. The third-order valence-corrected chi connectivity index (χ3v) is 7.01. The Bertz CT molecular complexity index is 1500. The van der Waals surface area contributed by atoms with Crippen molar-refractivity contribution in [3.05, 3.63) is 72.6 Å². The molecule has 1 fully saturated rings. The fourth-order valence-electron chi connectivity index (χ4n) is 4.67. The second-order valence-corrected chi connectivity index (χ2v) is 9.64. The Kier molecular flexibility index (Phi) is 6.48. The number of fused-ring (bicyclic) bond motifs is 1. The molecule has 37 heavy (non-hydrogen) atoms. The number of nitrogen functional groups attached to an aromatic ring is 1. The molecule has 8 nitrogen and oxygen atoms in total. The largest absolute Gasteiger partial charge is 0.383 e. The van der Waals surface area contributed by atoms with Gasteiger partial charge in [-0.3, -0.25) is 9.59 Å². The topological polar surface area (TPSA) is 115 Å². The van der Waals surface area contributed by atoms with E-state index in [4.69, 9.17) is 5.73 Å². The van der Waals surface area contributed by atoms with E-state index < -0.39 is 0 Å². The molecular weight excluding hydrogens is 464 g/mol. The zero-order valence-corrected chi connectivity index (χ0v) is 21.0. The Hall–Kier alpha value is -4.46. The van der Waals surface area contributed by atoms with Gasteiger partial charge in [-0.1, -0.05) is 37.3 Å². The highest BCUT2D eigenvalue weighted by Crippen LogP contribution is 2.41. The van der Waals surface area contributed by atoms with Gasteiger partial charge >= 0.3 is 0 Å². The van der Waals surface area contributed by atoms with E-state index in [2.05, 4.69) is 27.2 Å². The van der Waals surface area contributed by atoms with Crippen molar-refractivity contribution in [2.45, 2.75) is 26.2 Å². The quantitative estimate of drug-likeness (QED) is 0.315. The molecule has 188 valence electrons. The molecule has 0 spiro atoms. The van der Waals surface area contributed by atoms with Crippen LogP contribution in [-0.4, -0.2) is 32.9 Å². The number of carbonyl (C=O) groups is 2. The van der Waals surface area contributed by atoms with Crippen LogP contribution in [0.25, 0.3) is 33.4 Å². The van der Waals surface area contributed by atoms with Crippen LogP contribution in [0.1, 0.15) is 36.5 Å². The van der Waals surface area contributed by atoms with Crippen LogP contribution in [0.3, 0.4) is 0 Å². The van der Waals surface area contributed by atoms with Crippen molar-refractivity contribution in [2.24, 2.45) is 13.0 Å². The molecule has 0 radical (unpaired) electrons. The molecule has 4 N–H and O–H groups in total. The Morgan fingerprint density at radius 3 is 2.35 bits per heavy atom. The number of hydrogen-bond donors (Lipinski definition) is 3. The Labute approximate surface area is 215 Å². The van der Waals surface area contributed by atoms with Gasteiger partial charge in [-0.2, -0.15) is 0 Å². The summed E-state index contributed by atoms with van der Waals surface area (Å²) in [4.78, 5) is 33.4. The van der Waals surface area contributed by atoms with Crippen molar-refractivity contribution in [1.82, 2.24) is 19.9 Å². The molecule has 2 aromatic carbocycles. The zero-order valence-electron chi connectivity index (χ0n) is 21.0. The lowest BCUT2D eigenvalue weighted by molar-refractivity contribution is -0.112. The number of amides is 2. The Morgan fingerprint density at radius 1 is 1.05 bits per heavy atom. The highest BCUT2D eigenvalue weighted by molar-refractivity contribution is 6.08. The molecule has 1 saturated carbocycles. The van der Waals surface area contributed by atoms with Crippen LogP contribution in [0, 0.1) is 5.92 Å². The number of hydrogen-bond acceptors (Lipinski definition) is 5. The van der Waals surface area contributed by atoms with Crippen molar-refractivity contribution in [2.75, 3.05) is 17.6 Å². The predicted octanol–water partition coefficient (Wildman–Crippen LogP) is 4.93. The molecule has 1 aliphatic rings. The summed E-state index contributed by atoms with van der Waals surface area (Å²) in [5.41, 5.74) is 12.4.